The molecule has 2 N–H and O–H groups in total. The predicted molar refractivity (Wildman–Crippen MR) is 104 cm³/mol. The molecule has 1 fully saturated rings. The minimum atomic E-state index is -0.530. The van der Waals surface area contributed by atoms with Gasteiger partial charge in [0.1, 0.15) is 11.9 Å². The zero-order valence-electron chi connectivity index (χ0n) is 15.5. The second-order valence-corrected chi connectivity index (χ2v) is 8.66. The van der Waals surface area contributed by atoms with E-state index in [1.54, 1.807) is 0 Å². The molecule has 1 aliphatic rings. The van der Waals surface area contributed by atoms with Crippen LogP contribution in [0.1, 0.15) is 37.6 Å². The molecule has 1 aromatic carbocycles. The Morgan fingerprint density at radius 3 is 2.67 bits per heavy atom. The molecule has 0 saturated carbocycles. The molecule has 0 spiro atoms. The van der Waals surface area contributed by atoms with Crippen LogP contribution in [0.4, 0.5) is 4.39 Å². The van der Waals surface area contributed by atoms with Crippen LogP contribution in [0.2, 0.25) is 5.02 Å². The predicted octanol–water partition coefficient (Wildman–Crippen LogP) is 2.42. The van der Waals surface area contributed by atoms with Crippen molar-refractivity contribution < 1.29 is 18.8 Å². The van der Waals surface area contributed by atoms with Crippen LogP contribution in [0.15, 0.2) is 18.2 Å². The van der Waals surface area contributed by atoms with E-state index in [0.717, 1.165) is 12.1 Å². The van der Waals surface area contributed by atoms with E-state index in [0.29, 0.717) is 11.6 Å². The number of carbonyl (C=O) groups is 3. The van der Waals surface area contributed by atoms with Gasteiger partial charge in [0, 0.05) is 24.3 Å². The lowest BCUT2D eigenvalue weighted by molar-refractivity contribution is -0.138. The van der Waals surface area contributed by atoms with E-state index in [1.807, 2.05) is 20.8 Å². The molecule has 0 radical (unpaired) electrons. The van der Waals surface area contributed by atoms with Gasteiger partial charge in [-0.3, -0.25) is 14.4 Å². The molecule has 1 aliphatic heterocycles. The molecule has 1 aromatic rings. The highest BCUT2D eigenvalue weighted by Gasteiger charge is 2.35. The number of amides is 3. The van der Waals surface area contributed by atoms with Gasteiger partial charge in [-0.15, -0.1) is 11.8 Å². The molecule has 1 heterocycles. The number of hydrogen-bond acceptors (Lipinski definition) is 4. The average Bonchev–Trinajstić information content (AvgIpc) is 3.02. The van der Waals surface area contributed by atoms with E-state index < -0.39 is 17.8 Å². The van der Waals surface area contributed by atoms with Gasteiger partial charge < -0.3 is 15.5 Å². The number of carbonyl (C=O) groups excluding carboxylic acids is 3. The maximum absolute atomic E-state index is 13.0. The zero-order valence-corrected chi connectivity index (χ0v) is 17.0. The van der Waals surface area contributed by atoms with Gasteiger partial charge >= 0.3 is 0 Å². The van der Waals surface area contributed by atoms with Crippen molar-refractivity contribution in [1.29, 1.82) is 0 Å². The van der Waals surface area contributed by atoms with Crippen LogP contribution in [0, 0.1) is 5.82 Å². The molecule has 1 unspecified atom stereocenters. The number of rotatable bonds is 5. The molecule has 0 bridgehead atoms. The quantitative estimate of drug-likeness (QED) is 0.774. The maximum Gasteiger partial charge on any atom is 0.252 e. The number of hydrogen-bond donors (Lipinski definition) is 2. The molecule has 1 atom stereocenters. The lowest BCUT2D eigenvalue weighted by Crippen LogP contribution is -2.52. The Balaban J connectivity index is 1.87. The summed E-state index contributed by atoms with van der Waals surface area (Å²) in [6.45, 7) is 5.75. The van der Waals surface area contributed by atoms with Crippen molar-refractivity contribution in [2.75, 3.05) is 18.2 Å². The fourth-order valence-corrected chi connectivity index (χ4v) is 3.99. The summed E-state index contributed by atoms with van der Waals surface area (Å²) in [5, 5.41) is 5.49. The second kappa shape index (κ2) is 8.93. The summed E-state index contributed by atoms with van der Waals surface area (Å²) < 4.78 is 13.0. The second-order valence-electron chi connectivity index (χ2n) is 7.25. The zero-order chi connectivity index (χ0) is 20.2. The SMILES string of the molecule is CC(C)(C)NC(=O)C1CSCN1C(=O)CCNC(=O)c1ccc(F)cc1Cl. The van der Waals surface area contributed by atoms with Crippen molar-refractivity contribution in [3.63, 3.8) is 0 Å². The van der Waals surface area contributed by atoms with Crippen molar-refractivity contribution in [3.05, 3.63) is 34.6 Å². The molecule has 0 aromatic heterocycles. The molecule has 9 heteroatoms. The minimum Gasteiger partial charge on any atom is -0.351 e. The summed E-state index contributed by atoms with van der Waals surface area (Å²) >= 11 is 7.37. The summed E-state index contributed by atoms with van der Waals surface area (Å²) in [4.78, 5) is 38.5. The third-order valence-corrected chi connectivity index (χ3v) is 5.13. The average molecular weight is 416 g/mol. The van der Waals surface area contributed by atoms with Crippen LogP contribution in [-0.2, 0) is 9.59 Å². The summed E-state index contributed by atoms with van der Waals surface area (Å²) in [5.74, 6) is -0.407. The minimum absolute atomic E-state index is 0.00804. The normalized spacial score (nSPS) is 16.9. The smallest absolute Gasteiger partial charge is 0.252 e. The highest BCUT2D eigenvalue weighted by atomic mass is 35.5. The maximum atomic E-state index is 13.0. The molecule has 1 saturated heterocycles. The Morgan fingerprint density at radius 2 is 2.04 bits per heavy atom. The van der Waals surface area contributed by atoms with Gasteiger partial charge in [0.15, 0.2) is 0 Å². The van der Waals surface area contributed by atoms with Gasteiger partial charge in [-0.1, -0.05) is 11.6 Å². The van der Waals surface area contributed by atoms with Crippen LogP contribution in [0.25, 0.3) is 0 Å². The summed E-state index contributed by atoms with van der Waals surface area (Å²) in [7, 11) is 0. The monoisotopic (exact) mass is 415 g/mol. The number of nitrogens with one attached hydrogen (secondary N) is 2. The van der Waals surface area contributed by atoms with Gasteiger partial charge in [-0.2, -0.15) is 0 Å². The lowest BCUT2D eigenvalue weighted by atomic mass is 10.1. The Labute approximate surface area is 167 Å². The Morgan fingerprint density at radius 1 is 1.33 bits per heavy atom. The number of thioether (sulfide) groups is 1. The number of benzene rings is 1. The molecule has 27 heavy (non-hydrogen) atoms. The van der Waals surface area contributed by atoms with Gasteiger partial charge in [0.25, 0.3) is 5.91 Å². The first kappa shape index (κ1) is 21.5. The Kier molecular flexibility index (Phi) is 7.11. The molecule has 0 aliphatic carbocycles. The molecular formula is C18H23ClFN3O3S. The third-order valence-electron chi connectivity index (χ3n) is 3.80. The van der Waals surface area contributed by atoms with E-state index in [-0.39, 0.29) is 40.9 Å². The van der Waals surface area contributed by atoms with Crippen LogP contribution in [0.3, 0.4) is 0 Å². The van der Waals surface area contributed by atoms with Gasteiger partial charge in [0.05, 0.1) is 16.5 Å². The van der Waals surface area contributed by atoms with Crippen LogP contribution >= 0.6 is 23.4 Å². The van der Waals surface area contributed by atoms with E-state index in [4.69, 9.17) is 11.6 Å². The van der Waals surface area contributed by atoms with E-state index >= 15 is 0 Å². The highest BCUT2D eigenvalue weighted by molar-refractivity contribution is 7.99. The van der Waals surface area contributed by atoms with Crippen LogP contribution in [-0.4, -0.2) is 52.4 Å². The summed E-state index contributed by atoms with van der Waals surface area (Å²) in [5.41, 5.74) is -0.230. The Hall–Kier alpha value is -1.80. The first-order valence-corrected chi connectivity index (χ1v) is 10.0. The van der Waals surface area contributed by atoms with Crippen molar-refractivity contribution in [3.8, 4) is 0 Å². The fourth-order valence-electron chi connectivity index (χ4n) is 2.55. The largest absolute Gasteiger partial charge is 0.351 e. The van der Waals surface area contributed by atoms with Gasteiger partial charge in [-0.05, 0) is 39.0 Å². The third kappa shape index (κ3) is 6.10. The highest BCUT2D eigenvalue weighted by Crippen LogP contribution is 2.22. The van der Waals surface area contributed by atoms with Crippen molar-refractivity contribution in [2.45, 2.75) is 38.8 Å². The Bertz CT molecular complexity index is 739. The topological polar surface area (TPSA) is 78.5 Å². The molecule has 148 valence electrons. The molecule has 6 nitrogen and oxygen atoms in total. The standard InChI is InChI=1S/C18H23ClFN3O3S/c1-18(2,3)22-17(26)14-9-27-10-23(14)15(24)6-7-21-16(25)12-5-4-11(20)8-13(12)19/h4-5,8,14H,6-7,9-10H2,1-3H3,(H,21,25)(H,22,26). The summed E-state index contributed by atoms with van der Waals surface area (Å²) in [6.07, 6.45) is 0.0599. The number of halogens is 2. The molecular weight excluding hydrogens is 393 g/mol. The van der Waals surface area contributed by atoms with Crippen molar-refractivity contribution in [2.24, 2.45) is 0 Å². The van der Waals surface area contributed by atoms with Gasteiger partial charge in [0.2, 0.25) is 11.8 Å². The van der Waals surface area contributed by atoms with Gasteiger partial charge in [-0.25, -0.2) is 4.39 Å². The van der Waals surface area contributed by atoms with E-state index in [9.17, 15) is 18.8 Å². The fraction of sp³-hybridized carbons (Fsp3) is 0.500. The van der Waals surface area contributed by atoms with E-state index in [1.165, 1.54) is 22.7 Å². The molecule has 2 rings (SSSR count). The van der Waals surface area contributed by atoms with Crippen molar-refractivity contribution >= 4 is 41.1 Å². The van der Waals surface area contributed by atoms with Crippen molar-refractivity contribution in [1.82, 2.24) is 15.5 Å². The van der Waals surface area contributed by atoms with Crippen LogP contribution in [0.5, 0.6) is 0 Å². The van der Waals surface area contributed by atoms with Crippen LogP contribution < -0.4 is 10.6 Å². The molecule has 3 amide bonds. The lowest BCUT2D eigenvalue weighted by Gasteiger charge is -2.27. The van der Waals surface area contributed by atoms with E-state index in [2.05, 4.69) is 10.6 Å². The number of nitrogens with zero attached hydrogens (tertiary/aromatic N) is 1. The first-order valence-electron chi connectivity index (χ1n) is 8.51. The first-order chi connectivity index (χ1) is 12.6. The summed E-state index contributed by atoms with van der Waals surface area (Å²) in [6, 6.07) is 2.98.